The number of ether oxygens (including phenoxy) is 2. The van der Waals surface area contributed by atoms with Crippen LogP contribution in [-0.4, -0.2) is 5.11 Å². The Morgan fingerprint density at radius 2 is 1.39 bits per heavy atom. The lowest BCUT2D eigenvalue weighted by Crippen LogP contribution is -2.43. The summed E-state index contributed by atoms with van der Waals surface area (Å²) in [5.74, 6) is 0.867. The third kappa shape index (κ3) is 4.91. The Balaban J connectivity index is 1.56. The first-order chi connectivity index (χ1) is 19.4. The average Bonchev–Trinajstić information content (AvgIpc) is 2.92. The molecule has 2 heterocycles. The van der Waals surface area contributed by atoms with Gasteiger partial charge in [-0.1, -0.05) is 108 Å². The Labute approximate surface area is 248 Å². The maximum absolute atomic E-state index is 11.5. The largest absolute Gasteiger partial charge is 0.507 e. The fourth-order valence-electron chi connectivity index (χ4n) is 6.12. The summed E-state index contributed by atoms with van der Waals surface area (Å²) in [7, 11) is 0. The molecule has 0 radical (unpaired) electrons. The van der Waals surface area contributed by atoms with Gasteiger partial charge in [-0.3, -0.25) is 0 Å². The summed E-state index contributed by atoms with van der Waals surface area (Å²) in [4.78, 5) is 0. The molecule has 41 heavy (non-hydrogen) atoms. The summed E-state index contributed by atoms with van der Waals surface area (Å²) in [6.45, 7) is 12.9. The van der Waals surface area contributed by atoms with Crippen molar-refractivity contribution in [1.82, 2.24) is 0 Å². The number of halogens is 1. The third-order valence-electron chi connectivity index (χ3n) is 8.25. The smallest absolute Gasteiger partial charge is 0.279 e. The zero-order valence-electron chi connectivity index (χ0n) is 24.6. The quantitative estimate of drug-likeness (QED) is 0.263. The van der Waals surface area contributed by atoms with E-state index < -0.39 is 5.79 Å². The van der Waals surface area contributed by atoms with E-state index in [2.05, 4.69) is 84.0 Å². The number of phenols is 1. The summed E-state index contributed by atoms with van der Waals surface area (Å²) in [5, 5.41) is 12.1. The Morgan fingerprint density at radius 3 is 2.05 bits per heavy atom. The normalized spacial score (nSPS) is 20.0. The van der Waals surface area contributed by atoms with E-state index in [0.29, 0.717) is 17.2 Å². The van der Waals surface area contributed by atoms with Gasteiger partial charge >= 0.3 is 0 Å². The molecule has 4 aromatic rings. The van der Waals surface area contributed by atoms with Gasteiger partial charge in [0, 0.05) is 34.1 Å². The maximum atomic E-state index is 11.5. The van der Waals surface area contributed by atoms with Crippen LogP contribution < -0.4 is 4.74 Å². The minimum atomic E-state index is -1.04. The molecule has 3 nitrogen and oxygen atoms in total. The van der Waals surface area contributed by atoms with Crippen LogP contribution in [0.2, 0.25) is 5.02 Å². The molecule has 0 amide bonds. The second-order valence-electron chi connectivity index (χ2n) is 13.3. The monoisotopic (exact) mass is 564 g/mol. The summed E-state index contributed by atoms with van der Waals surface area (Å²) in [6.07, 6.45) is 2.66. The van der Waals surface area contributed by atoms with E-state index >= 15 is 0 Å². The molecule has 0 unspecified atom stereocenters. The number of para-hydroxylation sites is 1. The molecule has 0 fully saturated rings. The molecule has 0 aliphatic carbocycles. The molecule has 1 N–H and O–H groups in total. The zero-order valence-corrected chi connectivity index (χ0v) is 25.3. The molecule has 2 atom stereocenters. The van der Waals surface area contributed by atoms with Crippen LogP contribution in [0.5, 0.6) is 11.5 Å². The Kier molecular flexibility index (Phi) is 6.50. The fraction of sp³-hybridized carbons (Fsp3) is 0.297. The van der Waals surface area contributed by atoms with Crippen molar-refractivity contribution < 1.29 is 14.6 Å². The van der Waals surface area contributed by atoms with Crippen LogP contribution in [0.25, 0.3) is 11.8 Å². The van der Waals surface area contributed by atoms with Crippen LogP contribution in [-0.2, 0) is 21.4 Å². The predicted molar refractivity (Wildman–Crippen MR) is 168 cm³/mol. The lowest BCUT2D eigenvalue weighted by molar-refractivity contribution is -0.159. The van der Waals surface area contributed by atoms with Crippen molar-refractivity contribution in [3.05, 3.63) is 129 Å². The van der Waals surface area contributed by atoms with E-state index in [1.807, 2.05) is 48.5 Å². The first-order valence-corrected chi connectivity index (χ1v) is 14.7. The van der Waals surface area contributed by atoms with Crippen molar-refractivity contribution in [2.24, 2.45) is 0 Å². The van der Waals surface area contributed by atoms with Crippen molar-refractivity contribution in [2.45, 2.75) is 70.5 Å². The summed E-state index contributed by atoms with van der Waals surface area (Å²) < 4.78 is 13.8. The van der Waals surface area contributed by atoms with Gasteiger partial charge in [-0.15, -0.1) is 0 Å². The second-order valence-corrected chi connectivity index (χ2v) is 13.8. The van der Waals surface area contributed by atoms with Gasteiger partial charge in [0.25, 0.3) is 5.79 Å². The van der Waals surface area contributed by atoms with Crippen molar-refractivity contribution in [2.75, 3.05) is 0 Å². The zero-order chi connectivity index (χ0) is 29.2. The van der Waals surface area contributed by atoms with Gasteiger partial charge in [0.05, 0.1) is 0 Å². The minimum absolute atomic E-state index is 0.0274. The highest BCUT2D eigenvalue weighted by Gasteiger charge is 2.48. The molecule has 4 heteroatoms. The standard InChI is InChI=1S/C37H37ClO3/c1-35(2,3)30-19-25(20-31(34(30)39)36(4,5)6)28-22-37(40-32-14-10-8-12-27(28)32)29-13-9-7-11-24(29)21-33(41-37)23-15-17-26(38)18-16-23/h7-21,28,39H,22H2,1-6H3/t28-,37-/m1/s1. The van der Waals surface area contributed by atoms with Gasteiger partial charge < -0.3 is 14.6 Å². The molecule has 4 aromatic carbocycles. The topological polar surface area (TPSA) is 38.7 Å². The third-order valence-corrected chi connectivity index (χ3v) is 8.51. The van der Waals surface area contributed by atoms with Gasteiger partial charge in [-0.05, 0) is 69.5 Å². The van der Waals surface area contributed by atoms with Crippen molar-refractivity contribution in [3.8, 4) is 11.5 Å². The molecular formula is C37H37ClO3. The summed E-state index contributed by atoms with van der Waals surface area (Å²) in [6, 6.07) is 28.7. The Morgan fingerprint density at radius 1 is 0.780 bits per heavy atom. The number of hydrogen-bond acceptors (Lipinski definition) is 3. The van der Waals surface area contributed by atoms with Gasteiger partial charge in [0.2, 0.25) is 0 Å². The predicted octanol–water partition coefficient (Wildman–Crippen LogP) is 9.94. The number of fused-ring (bicyclic) bond motifs is 3. The van der Waals surface area contributed by atoms with Crippen LogP contribution in [0.3, 0.4) is 0 Å². The lowest BCUT2D eigenvalue weighted by atomic mass is 9.73. The summed E-state index contributed by atoms with van der Waals surface area (Å²) in [5.41, 5.74) is 6.71. The maximum Gasteiger partial charge on any atom is 0.279 e. The second kappa shape index (κ2) is 9.70. The Hall–Kier alpha value is -3.69. The Bertz CT molecular complexity index is 1620. The molecule has 0 bridgehead atoms. The molecule has 6 rings (SSSR count). The molecule has 0 aromatic heterocycles. The van der Waals surface area contributed by atoms with E-state index in [-0.39, 0.29) is 16.7 Å². The number of hydrogen-bond donors (Lipinski definition) is 1. The van der Waals surface area contributed by atoms with Crippen LogP contribution in [0, 0.1) is 0 Å². The lowest BCUT2D eigenvalue weighted by Gasteiger charge is -2.45. The van der Waals surface area contributed by atoms with E-state index in [0.717, 1.165) is 50.5 Å². The molecule has 1 spiro atoms. The van der Waals surface area contributed by atoms with Crippen molar-refractivity contribution in [3.63, 3.8) is 0 Å². The van der Waals surface area contributed by atoms with Gasteiger partial charge in [0.1, 0.15) is 17.3 Å². The van der Waals surface area contributed by atoms with Crippen molar-refractivity contribution in [1.29, 1.82) is 0 Å². The molecule has 2 aliphatic heterocycles. The SMILES string of the molecule is CC(C)(C)c1cc([C@H]2C[C@]3(OC(c4ccc(Cl)cc4)=Cc4ccccc43)Oc3ccccc32)cc(C(C)(C)C)c1O. The van der Waals surface area contributed by atoms with E-state index in [1.165, 1.54) is 0 Å². The fourth-order valence-corrected chi connectivity index (χ4v) is 6.24. The van der Waals surface area contributed by atoms with E-state index in [9.17, 15) is 5.11 Å². The van der Waals surface area contributed by atoms with Crippen molar-refractivity contribution >= 4 is 23.4 Å². The first kappa shape index (κ1) is 27.5. The number of benzene rings is 4. The highest BCUT2D eigenvalue weighted by Crippen LogP contribution is 2.54. The number of phenolic OH excluding ortho intramolecular Hbond substituents is 1. The highest BCUT2D eigenvalue weighted by atomic mass is 35.5. The number of aromatic hydroxyl groups is 1. The van der Waals surface area contributed by atoms with Crippen LogP contribution >= 0.6 is 11.6 Å². The molecule has 0 saturated carbocycles. The van der Waals surface area contributed by atoms with Crippen LogP contribution in [0.15, 0.2) is 84.9 Å². The summed E-state index contributed by atoms with van der Waals surface area (Å²) >= 11 is 6.21. The van der Waals surface area contributed by atoms with Crippen LogP contribution in [0.4, 0.5) is 0 Å². The van der Waals surface area contributed by atoms with Gasteiger partial charge in [0.15, 0.2) is 0 Å². The number of rotatable bonds is 2. The molecule has 0 saturated heterocycles. The van der Waals surface area contributed by atoms with Gasteiger partial charge in [-0.2, -0.15) is 0 Å². The average molecular weight is 565 g/mol. The van der Waals surface area contributed by atoms with Crippen LogP contribution in [0.1, 0.15) is 92.8 Å². The molecule has 2 aliphatic rings. The molecular weight excluding hydrogens is 528 g/mol. The minimum Gasteiger partial charge on any atom is -0.507 e. The van der Waals surface area contributed by atoms with E-state index in [4.69, 9.17) is 21.1 Å². The first-order valence-electron chi connectivity index (χ1n) is 14.3. The molecule has 210 valence electrons. The van der Waals surface area contributed by atoms with Gasteiger partial charge in [-0.25, -0.2) is 0 Å². The highest BCUT2D eigenvalue weighted by molar-refractivity contribution is 6.30. The van der Waals surface area contributed by atoms with E-state index in [1.54, 1.807) is 0 Å².